The minimum atomic E-state index is -5.63. The zero-order valence-electron chi connectivity index (χ0n) is 6.29. The molecular formula is C3H3F6NaO. The van der Waals surface area contributed by atoms with Gasteiger partial charge in [-0.1, -0.05) is 0 Å². The van der Waals surface area contributed by atoms with E-state index in [0.29, 0.717) is 0 Å². The van der Waals surface area contributed by atoms with Gasteiger partial charge in [-0.15, -0.1) is 0 Å². The van der Waals surface area contributed by atoms with Crippen molar-refractivity contribution in [1.29, 1.82) is 0 Å². The molecule has 0 aromatic rings. The van der Waals surface area contributed by atoms with Gasteiger partial charge in [0.25, 0.3) is 0 Å². The standard InChI is InChI=1S/C3H2F6O.Na.H/c4-2(5,6)1(10)3(7,8)9;;/h1,10H;;/q;+1;-1. The van der Waals surface area contributed by atoms with Crippen molar-refractivity contribution in [3.8, 4) is 0 Å². The van der Waals surface area contributed by atoms with Gasteiger partial charge < -0.3 is 6.53 Å². The van der Waals surface area contributed by atoms with Crippen LogP contribution in [0.2, 0.25) is 0 Å². The first kappa shape index (κ1) is 14.1. The van der Waals surface area contributed by atoms with Crippen molar-refractivity contribution < 1.29 is 62.4 Å². The Labute approximate surface area is 81.2 Å². The molecule has 0 amide bonds. The Kier molecular flexibility index (Phi) is 5.09. The molecule has 0 aliphatic heterocycles. The molecule has 0 bridgehead atoms. The largest absolute Gasteiger partial charge is 1.00 e. The van der Waals surface area contributed by atoms with Crippen LogP contribution < -0.4 is 29.6 Å². The Hall–Kier alpha value is 0.540. The van der Waals surface area contributed by atoms with Crippen molar-refractivity contribution in [3.63, 3.8) is 0 Å². The summed E-state index contributed by atoms with van der Waals surface area (Å²) in [4.78, 5) is 0. The van der Waals surface area contributed by atoms with Crippen LogP contribution in [0.1, 0.15) is 1.43 Å². The molecule has 0 spiro atoms. The van der Waals surface area contributed by atoms with Crippen LogP contribution in [0.3, 0.4) is 0 Å². The molecule has 0 unspecified atom stereocenters. The van der Waals surface area contributed by atoms with E-state index in [9.17, 15) is 26.3 Å². The third-order valence-electron chi connectivity index (χ3n) is 0.620. The Morgan fingerprint density at radius 2 is 1.09 bits per heavy atom. The Bertz CT molecular complexity index is 107. The summed E-state index contributed by atoms with van der Waals surface area (Å²) in [5, 5.41) is 7.47. The second-order valence-corrected chi connectivity index (χ2v) is 1.49. The molecule has 0 rings (SSSR count). The molecule has 0 aliphatic rings. The molecule has 0 aromatic heterocycles. The summed E-state index contributed by atoms with van der Waals surface area (Å²) in [7, 11) is 0. The van der Waals surface area contributed by atoms with Crippen LogP contribution in [-0.4, -0.2) is 23.6 Å². The van der Waals surface area contributed by atoms with Crippen molar-refractivity contribution in [1.82, 2.24) is 0 Å². The third kappa shape index (κ3) is 4.89. The maximum atomic E-state index is 11.0. The summed E-state index contributed by atoms with van der Waals surface area (Å²) in [6, 6.07) is 0. The fraction of sp³-hybridized carbons (Fsp3) is 1.00. The molecule has 0 atom stereocenters. The Morgan fingerprint density at radius 1 is 0.909 bits per heavy atom. The minimum Gasteiger partial charge on any atom is -1.00 e. The molecule has 0 aromatic carbocycles. The first-order chi connectivity index (χ1) is 4.15. The zero-order valence-corrected chi connectivity index (χ0v) is 7.29. The van der Waals surface area contributed by atoms with E-state index >= 15 is 0 Å². The SMILES string of the molecule is OC(C(F)(F)F)C(F)(F)F.[H-].[Na+]. The predicted molar refractivity (Wildman–Crippen MR) is 19.2 cm³/mol. The molecule has 64 valence electrons. The van der Waals surface area contributed by atoms with Crippen LogP contribution in [0.15, 0.2) is 0 Å². The zero-order chi connectivity index (χ0) is 8.58. The van der Waals surface area contributed by atoms with Gasteiger partial charge in [0.05, 0.1) is 0 Å². The van der Waals surface area contributed by atoms with Crippen LogP contribution in [0, 0.1) is 0 Å². The number of aliphatic hydroxyl groups is 1. The molecule has 11 heavy (non-hydrogen) atoms. The average Bonchev–Trinajstić information content (AvgIpc) is 1.59. The molecule has 8 heteroatoms. The van der Waals surface area contributed by atoms with Crippen LogP contribution in [0.5, 0.6) is 0 Å². The normalized spacial score (nSPS) is 13.1. The molecule has 0 heterocycles. The first-order valence-electron chi connectivity index (χ1n) is 1.97. The van der Waals surface area contributed by atoms with Crippen molar-refractivity contribution in [2.45, 2.75) is 18.5 Å². The van der Waals surface area contributed by atoms with Crippen LogP contribution in [0.4, 0.5) is 26.3 Å². The van der Waals surface area contributed by atoms with E-state index in [2.05, 4.69) is 0 Å². The number of hydrogen-bond acceptors (Lipinski definition) is 1. The number of alkyl halides is 6. The van der Waals surface area contributed by atoms with E-state index < -0.39 is 18.5 Å². The molecule has 0 saturated carbocycles. The van der Waals surface area contributed by atoms with Gasteiger partial charge in [0.15, 0.2) is 0 Å². The number of rotatable bonds is 0. The van der Waals surface area contributed by atoms with E-state index in [-0.39, 0.29) is 31.0 Å². The van der Waals surface area contributed by atoms with Gasteiger partial charge in [-0.2, -0.15) is 26.3 Å². The summed E-state index contributed by atoms with van der Waals surface area (Å²) in [6.07, 6.45) is -15.5. The van der Waals surface area contributed by atoms with Crippen molar-refractivity contribution in [2.75, 3.05) is 0 Å². The number of hydrogen-bond donors (Lipinski definition) is 1. The smallest absolute Gasteiger partial charge is 1.00 e. The van der Waals surface area contributed by atoms with Crippen LogP contribution >= 0.6 is 0 Å². The van der Waals surface area contributed by atoms with Gasteiger partial charge in [-0.25, -0.2) is 0 Å². The summed E-state index contributed by atoms with van der Waals surface area (Å²) < 4.78 is 65.9. The molecule has 0 aliphatic carbocycles. The molecule has 1 N–H and O–H groups in total. The minimum absolute atomic E-state index is 0. The maximum Gasteiger partial charge on any atom is 1.00 e. The average molecular weight is 192 g/mol. The van der Waals surface area contributed by atoms with E-state index in [0.717, 1.165) is 0 Å². The molecule has 0 saturated heterocycles. The summed E-state index contributed by atoms with van der Waals surface area (Å²) in [5.74, 6) is 0. The van der Waals surface area contributed by atoms with Gasteiger partial charge in [-0.05, 0) is 0 Å². The van der Waals surface area contributed by atoms with Crippen molar-refractivity contribution >= 4 is 0 Å². The first-order valence-corrected chi connectivity index (χ1v) is 1.97. The van der Waals surface area contributed by atoms with E-state index in [1.54, 1.807) is 0 Å². The fourth-order valence-electron chi connectivity index (χ4n) is 0.186. The number of aliphatic hydroxyl groups excluding tert-OH is 1. The quantitative estimate of drug-likeness (QED) is 0.369. The molecule has 0 fully saturated rings. The second kappa shape index (κ2) is 3.97. The monoisotopic (exact) mass is 192 g/mol. The van der Waals surface area contributed by atoms with E-state index in [4.69, 9.17) is 5.11 Å². The van der Waals surface area contributed by atoms with Gasteiger partial charge in [0.1, 0.15) is 0 Å². The Morgan fingerprint density at radius 3 is 1.09 bits per heavy atom. The summed E-state index contributed by atoms with van der Waals surface area (Å²) >= 11 is 0. The number of halogens is 6. The van der Waals surface area contributed by atoms with Crippen LogP contribution in [-0.2, 0) is 0 Å². The van der Waals surface area contributed by atoms with Crippen molar-refractivity contribution in [2.24, 2.45) is 0 Å². The molecule has 1 nitrogen and oxygen atoms in total. The topological polar surface area (TPSA) is 20.2 Å². The second-order valence-electron chi connectivity index (χ2n) is 1.49. The van der Waals surface area contributed by atoms with E-state index in [1.807, 2.05) is 0 Å². The molecule has 0 radical (unpaired) electrons. The predicted octanol–water partition coefficient (Wildman–Crippen LogP) is -1.41. The summed E-state index contributed by atoms with van der Waals surface area (Å²) in [6.45, 7) is 0. The van der Waals surface area contributed by atoms with Gasteiger partial charge in [-0.3, -0.25) is 0 Å². The van der Waals surface area contributed by atoms with Crippen LogP contribution in [0.25, 0.3) is 0 Å². The van der Waals surface area contributed by atoms with Gasteiger partial charge >= 0.3 is 41.9 Å². The Balaban J connectivity index is -0.000000405. The molecular weight excluding hydrogens is 189 g/mol. The van der Waals surface area contributed by atoms with E-state index in [1.165, 1.54) is 0 Å². The summed E-state index contributed by atoms with van der Waals surface area (Å²) in [5.41, 5.74) is 0. The van der Waals surface area contributed by atoms with Gasteiger partial charge in [0.2, 0.25) is 6.10 Å². The van der Waals surface area contributed by atoms with Gasteiger partial charge in [0, 0.05) is 0 Å². The van der Waals surface area contributed by atoms with Crippen molar-refractivity contribution in [3.05, 3.63) is 0 Å². The third-order valence-corrected chi connectivity index (χ3v) is 0.620. The fourth-order valence-corrected chi connectivity index (χ4v) is 0.186. The maximum absolute atomic E-state index is 11.0.